The molecule has 4 heteroatoms. The smallest absolute Gasteiger partial charge is 0.246 e. The van der Waals surface area contributed by atoms with Crippen molar-refractivity contribution in [1.82, 2.24) is 5.32 Å². The van der Waals surface area contributed by atoms with Crippen molar-refractivity contribution in [2.75, 3.05) is 19.1 Å². The number of nitrogens with one attached hydrogen (secondary N) is 1. The molecule has 12 heavy (non-hydrogen) atoms. The molecule has 3 nitrogen and oxygen atoms in total. The fourth-order valence-electron chi connectivity index (χ4n) is 0.970. The third-order valence-corrected chi connectivity index (χ3v) is 2.46. The van der Waals surface area contributed by atoms with Crippen LogP contribution in [0.1, 0.15) is 19.8 Å². The molecule has 1 aliphatic carbocycles. The van der Waals surface area contributed by atoms with Crippen molar-refractivity contribution in [2.24, 2.45) is 0 Å². The van der Waals surface area contributed by atoms with Gasteiger partial charge in [0.1, 0.15) is 6.61 Å². The Labute approximate surface area is 77.4 Å². The normalized spacial score (nSPS) is 18.8. The lowest BCUT2D eigenvalue weighted by atomic mass is 10.3. The predicted octanol–water partition coefficient (Wildman–Crippen LogP) is 0.910. The number of alkyl halides is 1. The second-order valence-corrected chi connectivity index (χ2v) is 3.37. The summed E-state index contributed by atoms with van der Waals surface area (Å²) in [6.07, 6.45) is 1.99. The minimum Gasteiger partial charge on any atom is -0.372 e. The van der Waals surface area contributed by atoms with E-state index in [2.05, 4.69) is 5.32 Å². The van der Waals surface area contributed by atoms with Gasteiger partial charge in [-0.05, 0) is 19.8 Å². The zero-order chi connectivity index (χ0) is 9.03. The first-order valence-electron chi connectivity index (χ1n) is 4.17. The van der Waals surface area contributed by atoms with Crippen molar-refractivity contribution in [3.63, 3.8) is 0 Å². The molecule has 1 saturated carbocycles. The van der Waals surface area contributed by atoms with Gasteiger partial charge in [0.2, 0.25) is 5.91 Å². The SMILES string of the molecule is CCOCC(=O)NC1(CCl)CC1. The highest BCUT2D eigenvalue weighted by atomic mass is 35.5. The van der Waals surface area contributed by atoms with Gasteiger partial charge < -0.3 is 10.1 Å². The van der Waals surface area contributed by atoms with Crippen LogP contribution >= 0.6 is 11.6 Å². The standard InChI is InChI=1S/C8H14ClNO2/c1-2-12-5-7(11)10-8(6-9)3-4-8/h2-6H2,1H3,(H,10,11). The average molecular weight is 192 g/mol. The molecule has 1 fully saturated rings. The van der Waals surface area contributed by atoms with Gasteiger partial charge in [-0.2, -0.15) is 0 Å². The largest absolute Gasteiger partial charge is 0.372 e. The number of hydrogen-bond donors (Lipinski definition) is 1. The average Bonchev–Trinajstić information content (AvgIpc) is 2.82. The van der Waals surface area contributed by atoms with Gasteiger partial charge >= 0.3 is 0 Å². The van der Waals surface area contributed by atoms with Gasteiger partial charge in [0.05, 0.1) is 5.54 Å². The van der Waals surface area contributed by atoms with Crippen LogP contribution in [0.15, 0.2) is 0 Å². The Bertz CT molecular complexity index is 168. The summed E-state index contributed by atoms with van der Waals surface area (Å²) in [7, 11) is 0. The highest BCUT2D eigenvalue weighted by Crippen LogP contribution is 2.36. The molecule has 0 unspecified atom stereocenters. The number of rotatable bonds is 5. The first-order valence-corrected chi connectivity index (χ1v) is 4.70. The van der Waals surface area contributed by atoms with Gasteiger partial charge in [-0.1, -0.05) is 0 Å². The van der Waals surface area contributed by atoms with Crippen LogP contribution in [0.5, 0.6) is 0 Å². The van der Waals surface area contributed by atoms with Crippen LogP contribution in [0.4, 0.5) is 0 Å². The van der Waals surface area contributed by atoms with Gasteiger partial charge in [-0.25, -0.2) is 0 Å². The molecule has 0 aromatic rings. The van der Waals surface area contributed by atoms with Crippen molar-refractivity contribution < 1.29 is 9.53 Å². The maximum absolute atomic E-state index is 11.1. The Kier molecular flexibility index (Phi) is 3.35. The van der Waals surface area contributed by atoms with Gasteiger partial charge in [-0.15, -0.1) is 11.6 Å². The summed E-state index contributed by atoms with van der Waals surface area (Å²) in [5.41, 5.74) is -0.101. The first kappa shape index (κ1) is 9.81. The lowest BCUT2D eigenvalue weighted by Crippen LogP contribution is -2.40. The summed E-state index contributed by atoms with van der Waals surface area (Å²) < 4.78 is 4.96. The van der Waals surface area contributed by atoms with E-state index in [9.17, 15) is 4.79 Å². The Morgan fingerprint density at radius 2 is 2.33 bits per heavy atom. The summed E-state index contributed by atoms with van der Waals surface area (Å²) >= 11 is 5.68. The number of amides is 1. The number of ether oxygens (including phenoxy) is 1. The minimum absolute atomic E-state index is 0.0602. The molecule has 1 rings (SSSR count). The third kappa shape index (κ3) is 2.64. The quantitative estimate of drug-likeness (QED) is 0.657. The van der Waals surface area contributed by atoms with Crippen LogP contribution in [0.3, 0.4) is 0 Å². The fourth-order valence-corrected chi connectivity index (χ4v) is 1.30. The van der Waals surface area contributed by atoms with Crippen LogP contribution in [0.2, 0.25) is 0 Å². The van der Waals surface area contributed by atoms with E-state index < -0.39 is 0 Å². The van der Waals surface area contributed by atoms with Crippen LogP contribution in [-0.4, -0.2) is 30.5 Å². The number of halogens is 1. The molecule has 0 bridgehead atoms. The van der Waals surface area contributed by atoms with E-state index in [4.69, 9.17) is 16.3 Å². The summed E-state index contributed by atoms with van der Waals surface area (Å²) in [5.74, 6) is 0.445. The molecule has 0 heterocycles. The van der Waals surface area contributed by atoms with E-state index in [0.29, 0.717) is 12.5 Å². The van der Waals surface area contributed by atoms with Gasteiger partial charge in [0.25, 0.3) is 0 Å². The van der Waals surface area contributed by atoms with Crippen molar-refractivity contribution in [3.8, 4) is 0 Å². The lowest BCUT2D eigenvalue weighted by Gasteiger charge is -2.13. The van der Waals surface area contributed by atoms with Crippen LogP contribution in [0.25, 0.3) is 0 Å². The molecule has 1 amide bonds. The monoisotopic (exact) mass is 191 g/mol. The Morgan fingerprint density at radius 1 is 1.67 bits per heavy atom. The number of hydrogen-bond acceptors (Lipinski definition) is 2. The number of carbonyl (C=O) groups excluding carboxylic acids is 1. The van der Waals surface area contributed by atoms with Crippen molar-refractivity contribution in [2.45, 2.75) is 25.3 Å². The summed E-state index contributed by atoms with van der Waals surface area (Å²) in [4.78, 5) is 11.1. The van der Waals surface area contributed by atoms with Gasteiger partial charge in [0.15, 0.2) is 0 Å². The van der Waals surface area contributed by atoms with Crippen molar-refractivity contribution in [3.05, 3.63) is 0 Å². The van der Waals surface area contributed by atoms with E-state index in [0.717, 1.165) is 12.8 Å². The second kappa shape index (κ2) is 4.10. The highest BCUT2D eigenvalue weighted by Gasteiger charge is 2.42. The molecule has 0 radical (unpaired) electrons. The second-order valence-electron chi connectivity index (χ2n) is 3.10. The maximum Gasteiger partial charge on any atom is 0.246 e. The zero-order valence-corrected chi connectivity index (χ0v) is 7.99. The first-order chi connectivity index (χ1) is 5.72. The Hall–Kier alpha value is -0.280. The third-order valence-electron chi connectivity index (χ3n) is 1.95. The zero-order valence-electron chi connectivity index (χ0n) is 7.23. The minimum atomic E-state index is -0.101. The van der Waals surface area contributed by atoms with Gasteiger partial charge in [0, 0.05) is 12.5 Å². The van der Waals surface area contributed by atoms with E-state index in [1.165, 1.54) is 0 Å². The molecule has 0 aromatic heterocycles. The van der Waals surface area contributed by atoms with E-state index in [-0.39, 0.29) is 18.1 Å². The van der Waals surface area contributed by atoms with Crippen LogP contribution in [-0.2, 0) is 9.53 Å². The Morgan fingerprint density at radius 3 is 2.75 bits per heavy atom. The fraction of sp³-hybridized carbons (Fsp3) is 0.875. The maximum atomic E-state index is 11.1. The molecule has 1 aliphatic rings. The van der Waals surface area contributed by atoms with Crippen molar-refractivity contribution >= 4 is 17.5 Å². The molecule has 0 atom stereocenters. The van der Waals surface area contributed by atoms with E-state index >= 15 is 0 Å². The molecule has 0 aromatic carbocycles. The van der Waals surface area contributed by atoms with Crippen molar-refractivity contribution in [1.29, 1.82) is 0 Å². The molecule has 0 aliphatic heterocycles. The van der Waals surface area contributed by atoms with E-state index in [1.807, 2.05) is 6.92 Å². The molecule has 0 saturated heterocycles. The van der Waals surface area contributed by atoms with Crippen LogP contribution < -0.4 is 5.32 Å². The van der Waals surface area contributed by atoms with Gasteiger partial charge in [-0.3, -0.25) is 4.79 Å². The van der Waals surface area contributed by atoms with Crippen LogP contribution in [0, 0.1) is 0 Å². The molecule has 0 spiro atoms. The molecular formula is C8H14ClNO2. The van der Waals surface area contributed by atoms with E-state index in [1.54, 1.807) is 0 Å². The summed E-state index contributed by atoms with van der Waals surface area (Å²) in [6.45, 7) is 2.58. The number of carbonyl (C=O) groups is 1. The highest BCUT2D eigenvalue weighted by molar-refractivity contribution is 6.19. The lowest BCUT2D eigenvalue weighted by molar-refractivity contribution is -0.126. The predicted molar refractivity (Wildman–Crippen MR) is 47.3 cm³/mol. The summed E-state index contributed by atoms with van der Waals surface area (Å²) in [5, 5.41) is 2.86. The summed E-state index contributed by atoms with van der Waals surface area (Å²) in [6, 6.07) is 0. The Balaban J connectivity index is 2.17. The molecule has 1 N–H and O–H groups in total. The molecular weight excluding hydrogens is 178 g/mol. The molecule has 70 valence electrons. The topological polar surface area (TPSA) is 38.3 Å².